The lowest BCUT2D eigenvalue weighted by molar-refractivity contribution is 0.415. The number of benzene rings is 4. The number of para-hydroxylation sites is 1. The van der Waals surface area contributed by atoms with Gasteiger partial charge in [0.2, 0.25) is 0 Å². The molecule has 1 aromatic heterocycles. The van der Waals surface area contributed by atoms with Crippen molar-refractivity contribution in [2.75, 3.05) is 7.11 Å². The molecule has 0 aliphatic rings. The number of hydrogen-bond donors (Lipinski definition) is 0. The minimum atomic E-state index is -3.83. The van der Waals surface area contributed by atoms with E-state index in [1.807, 2.05) is 85.8 Å². The molecule has 0 saturated heterocycles. The molecule has 0 aliphatic heterocycles. The Morgan fingerprint density at radius 1 is 0.833 bits per heavy atom. The van der Waals surface area contributed by atoms with Crippen molar-refractivity contribution in [3.8, 4) is 5.75 Å². The van der Waals surface area contributed by atoms with E-state index >= 15 is 0 Å². The number of rotatable bonds is 6. The van der Waals surface area contributed by atoms with Crippen molar-refractivity contribution in [2.45, 2.75) is 11.8 Å². The number of ether oxygens (including phenoxy) is 1. The molecule has 4 nitrogen and oxygen atoms in total. The maximum atomic E-state index is 13.8. The Morgan fingerprint density at radius 3 is 2.14 bits per heavy atom. The van der Waals surface area contributed by atoms with Gasteiger partial charge in [-0.05, 0) is 72.2 Å². The summed E-state index contributed by atoms with van der Waals surface area (Å²) in [7, 11) is -2.20. The largest absolute Gasteiger partial charge is 0.497 e. The molecule has 0 aliphatic carbocycles. The Bertz CT molecular complexity index is 1670. The molecule has 0 amide bonds. The lowest BCUT2D eigenvalue weighted by Gasteiger charge is -2.13. The summed E-state index contributed by atoms with van der Waals surface area (Å²) in [6, 6.07) is 31.5. The number of halogens is 1. The van der Waals surface area contributed by atoms with E-state index in [0.29, 0.717) is 16.2 Å². The predicted molar refractivity (Wildman–Crippen MR) is 147 cm³/mol. The van der Waals surface area contributed by atoms with Crippen molar-refractivity contribution in [1.82, 2.24) is 3.97 Å². The highest BCUT2D eigenvalue weighted by molar-refractivity contribution is 7.90. The lowest BCUT2D eigenvalue weighted by atomic mass is 9.93. The van der Waals surface area contributed by atoms with E-state index in [0.717, 1.165) is 33.4 Å². The SMILES string of the molecule is COc1ccc(/C(=C/c2ccc(Cl)cc2)c2c(C)n(S(=O)(=O)c3ccccc3)c3ccccc23)cc1. The van der Waals surface area contributed by atoms with Crippen LogP contribution in [0.25, 0.3) is 22.6 Å². The van der Waals surface area contributed by atoms with Crippen molar-refractivity contribution >= 4 is 44.2 Å². The smallest absolute Gasteiger partial charge is 0.268 e. The maximum absolute atomic E-state index is 13.8. The highest BCUT2D eigenvalue weighted by atomic mass is 35.5. The maximum Gasteiger partial charge on any atom is 0.268 e. The van der Waals surface area contributed by atoms with Crippen molar-refractivity contribution in [3.63, 3.8) is 0 Å². The summed E-state index contributed by atoms with van der Waals surface area (Å²) in [5.74, 6) is 0.746. The Morgan fingerprint density at radius 2 is 1.47 bits per heavy atom. The minimum absolute atomic E-state index is 0.244. The van der Waals surface area contributed by atoms with Gasteiger partial charge in [0.1, 0.15) is 5.75 Å². The second kappa shape index (κ2) is 9.69. The molecule has 0 N–H and O–H groups in total. The Kier molecular flexibility index (Phi) is 6.44. The van der Waals surface area contributed by atoms with E-state index in [9.17, 15) is 8.42 Å². The topological polar surface area (TPSA) is 48.3 Å². The van der Waals surface area contributed by atoms with Gasteiger partial charge in [-0.2, -0.15) is 0 Å². The van der Waals surface area contributed by atoms with Gasteiger partial charge >= 0.3 is 0 Å². The minimum Gasteiger partial charge on any atom is -0.497 e. The fourth-order valence-corrected chi connectivity index (χ4v) is 6.19. The highest BCUT2D eigenvalue weighted by Gasteiger charge is 2.26. The average molecular weight is 514 g/mol. The Hall–Kier alpha value is -3.80. The van der Waals surface area contributed by atoms with Gasteiger partial charge in [-0.1, -0.05) is 72.3 Å². The summed E-state index contributed by atoms with van der Waals surface area (Å²) in [6.07, 6.45) is 2.06. The van der Waals surface area contributed by atoms with Gasteiger partial charge in [0.15, 0.2) is 0 Å². The van der Waals surface area contributed by atoms with Crippen LogP contribution in [0, 0.1) is 6.92 Å². The van der Waals surface area contributed by atoms with E-state index in [-0.39, 0.29) is 4.90 Å². The molecule has 0 atom stereocenters. The van der Waals surface area contributed by atoms with Gasteiger partial charge in [0.05, 0.1) is 17.5 Å². The Labute approximate surface area is 216 Å². The van der Waals surface area contributed by atoms with Gasteiger partial charge in [-0.25, -0.2) is 12.4 Å². The number of methoxy groups -OCH3 is 1. The van der Waals surface area contributed by atoms with E-state index in [1.165, 1.54) is 3.97 Å². The van der Waals surface area contributed by atoms with Crippen molar-refractivity contribution in [1.29, 1.82) is 0 Å². The average Bonchev–Trinajstić information content (AvgIpc) is 3.21. The molecule has 0 fully saturated rings. The van der Waals surface area contributed by atoms with E-state index in [2.05, 4.69) is 6.08 Å². The Balaban J connectivity index is 1.82. The van der Waals surface area contributed by atoms with Crippen molar-refractivity contribution < 1.29 is 13.2 Å². The summed E-state index contributed by atoms with van der Waals surface area (Å²) >= 11 is 6.13. The number of hydrogen-bond acceptors (Lipinski definition) is 3. The first-order valence-corrected chi connectivity index (χ1v) is 13.2. The summed E-state index contributed by atoms with van der Waals surface area (Å²) in [6.45, 7) is 1.86. The number of aromatic nitrogens is 1. The summed E-state index contributed by atoms with van der Waals surface area (Å²) in [5.41, 5.74) is 4.91. The molecule has 0 unspecified atom stereocenters. The van der Waals surface area contributed by atoms with Crippen LogP contribution in [0.1, 0.15) is 22.4 Å². The second-order valence-corrected chi connectivity index (χ2v) is 10.6. The molecule has 4 aromatic carbocycles. The summed E-state index contributed by atoms with van der Waals surface area (Å²) < 4.78 is 34.5. The zero-order valence-corrected chi connectivity index (χ0v) is 21.4. The van der Waals surface area contributed by atoms with E-state index < -0.39 is 10.0 Å². The lowest BCUT2D eigenvalue weighted by Crippen LogP contribution is -2.14. The summed E-state index contributed by atoms with van der Waals surface area (Å²) in [5, 5.41) is 1.51. The molecular formula is C30H24ClNO3S. The van der Waals surface area contributed by atoms with E-state index in [4.69, 9.17) is 16.3 Å². The molecule has 5 rings (SSSR count). The standard InChI is InChI=1S/C30H24ClNO3S/c1-21-30(27-10-6-7-11-29(27)32(21)36(33,34)26-8-4-3-5-9-26)28(20-22-12-16-24(31)17-13-22)23-14-18-25(35-2)19-15-23/h3-20H,1-2H3/b28-20-. The third-order valence-corrected chi connectivity index (χ3v) is 8.26. The number of nitrogens with zero attached hydrogens (tertiary/aromatic N) is 1. The van der Waals surface area contributed by atoms with E-state index in [1.54, 1.807) is 31.4 Å². The van der Waals surface area contributed by atoms with Crippen LogP contribution in [0.4, 0.5) is 0 Å². The van der Waals surface area contributed by atoms with Gasteiger partial charge in [-0.15, -0.1) is 0 Å². The fourth-order valence-electron chi connectivity index (χ4n) is 4.48. The first-order valence-electron chi connectivity index (χ1n) is 11.4. The van der Waals surface area contributed by atoms with Crippen LogP contribution in [-0.4, -0.2) is 19.5 Å². The normalized spacial score (nSPS) is 12.1. The van der Waals surface area contributed by atoms with Crippen molar-refractivity contribution in [2.24, 2.45) is 0 Å². The first kappa shape index (κ1) is 23.9. The van der Waals surface area contributed by atoms with Crippen LogP contribution in [0.5, 0.6) is 5.75 Å². The van der Waals surface area contributed by atoms with Crippen LogP contribution in [-0.2, 0) is 10.0 Å². The molecule has 0 radical (unpaired) electrons. The molecule has 6 heteroatoms. The van der Waals surface area contributed by atoms with Crippen LogP contribution < -0.4 is 4.74 Å². The van der Waals surface area contributed by atoms with Crippen LogP contribution in [0.15, 0.2) is 108 Å². The molecule has 5 aromatic rings. The zero-order valence-electron chi connectivity index (χ0n) is 19.9. The molecule has 36 heavy (non-hydrogen) atoms. The second-order valence-electron chi connectivity index (χ2n) is 8.40. The zero-order chi connectivity index (χ0) is 25.3. The fraction of sp³-hybridized carbons (Fsp3) is 0.0667. The molecule has 180 valence electrons. The predicted octanol–water partition coefficient (Wildman–Crippen LogP) is 7.44. The van der Waals surface area contributed by atoms with Crippen LogP contribution in [0.3, 0.4) is 0 Å². The quantitative estimate of drug-likeness (QED) is 0.222. The van der Waals surface area contributed by atoms with Gasteiger partial charge < -0.3 is 4.74 Å². The molecule has 1 heterocycles. The third-order valence-electron chi connectivity index (χ3n) is 6.19. The monoisotopic (exact) mass is 513 g/mol. The highest BCUT2D eigenvalue weighted by Crippen LogP contribution is 2.38. The van der Waals surface area contributed by atoms with Gasteiger partial charge in [-0.3, -0.25) is 0 Å². The molecular weight excluding hydrogens is 490 g/mol. The van der Waals surface area contributed by atoms with Crippen LogP contribution >= 0.6 is 11.6 Å². The van der Waals surface area contributed by atoms with Crippen molar-refractivity contribution in [3.05, 3.63) is 131 Å². The first-order chi connectivity index (χ1) is 17.4. The van der Waals surface area contributed by atoms with Gasteiger partial charge in [0, 0.05) is 21.7 Å². The number of fused-ring (bicyclic) bond motifs is 1. The third kappa shape index (κ3) is 4.32. The van der Waals surface area contributed by atoms with Crippen LogP contribution in [0.2, 0.25) is 5.02 Å². The molecule has 0 spiro atoms. The summed E-state index contributed by atoms with van der Waals surface area (Å²) in [4.78, 5) is 0.244. The van der Waals surface area contributed by atoms with Gasteiger partial charge in [0.25, 0.3) is 10.0 Å². The molecule has 0 bridgehead atoms. The molecule has 0 saturated carbocycles.